The van der Waals surface area contributed by atoms with Gasteiger partial charge in [0.15, 0.2) is 0 Å². The van der Waals surface area contributed by atoms with Gasteiger partial charge in [0.1, 0.15) is 11.5 Å². The maximum Gasteiger partial charge on any atom is 0.271 e. The van der Waals surface area contributed by atoms with Crippen LogP contribution in [-0.4, -0.2) is 22.3 Å². The van der Waals surface area contributed by atoms with Gasteiger partial charge in [0.05, 0.1) is 6.54 Å². The first-order valence-electron chi connectivity index (χ1n) is 8.05. The molecule has 0 fully saturated rings. The number of nitrogens with zero attached hydrogens (tertiary/aromatic N) is 1. The summed E-state index contributed by atoms with van der Waals surface area (Å²) >= 11 is 0. The van der Waals surface area contributed by atoms with E-state index >= 15 is 0 Å². The molecule has 4 heteroatoms. The van der Waals surface area contributed by atoms with Crippen molar-refractivity contribution in [3.63, 3.8) is 0 Å². The molecule has 0 saturated carbocycles. The third-order valence-electron chi connectivity index (χ3n) is 4.18. The Kier molecular flexibility index (Phi) is 4.58. The average molecular weight is 334 g/mol. The maximum atomic E-state index is 13.1. The van der Waals surface area contributed by atoms with Gasteiger partial charge in [-0.15, -0.1) is 6.42 Å². The summed E-state index contributed by atoms with van der Waals surface area (Å²) in [6.07, 6.45) is 5.43. The number of amides is 1. The summed E-state index contributed by atoms with van der Waals surface area (Å²) in [5, 5.41) is 1.02. The third-order valence-corrected chi connectivity index (χ3v) is 4.18. The standard InChI is InChI=1S/C21H19FN2O/c1-4-9-24(13-16-5-7-17(22)8-6-16)21(25)20-12-18-15(3)10-14(2)11-19(18)23-20/h1,5-8,10-12,23H,9,13H2,2-3H3. The molecule has 3 aromatic rings. The number of halogens is 1. The van der Waals surface area contributed by atoms with Gasteiger partial charge in [0.2, 0.25) is 0 Å². The number of aryl methyl sites for hydroxylation is 2. The van der Waals surface area contributed by atoms with Gasteiger partial charge in [-0.3, -0.25) is 4.79 Å². The number of aromatic nitrogens is 1. The number of carbonyl (C=O) groups is 1. The van der Waals surface area contributed by atoms with Crippen LogP contribution in [0.3, 0.4) is 0 Å². The molecule has 1 N–H and O–H groups in total. The highest BCUT2D eigenvalue weighted by Gasteiger charge is 2.18. The van der Waals surface area contributed by atoms with Gasteiger partial charge in [0.25, 0.3) is 5.91 Å². The lowest BCUT2D eigenvalue weighted by atomic mass is 10.1. The van der Waals surface area contributed by atoms with E-state index in [9.17, 15) is 9.18 Å². The van der Waals surface area contributed by atoms with Crippen molar-refractivity contribution in [3.8, 4) is 12.3 Å². The number of H-pyrrole nitrogens is 1. The third kappa shape index (κ3) is 3.56. The first kappa shape index (κ1) is 16.8. The Labute approximate surface area is 146 Å². The largest absolute Gasteiger partial charge is 0.351 e. The molecule has 0 spiro atoms. The molecule has 25 heavy (non-hydrogen) atoms. The van der Waals surface area contributed by atoms with Gasteiger partial charge in [-0.05, 0) is 54.8 Å². The SMILES string of the molecule is C#CCN(Cc1ccc(F)cc1)C(=O)c1cc2c(C)cc(C)cc2[nH]1. The van der Waals surface area contributed by atoms with Crippen molar-refractivity contribution in [2.45, 2.75) is 20.4 Å². The molecule has 0 atom stereocenters. The summed E-state index contributed by atoms with van der Waals surface area (Å²) in [6, 6.07) is 12.0. The summed E-state index contributed by atoms with van der Waals surface area (Å²) in [5.74, 6) is 2.05. The molecule has 0 saturated heterocycles. The van der Waals surface area contributed by atoms with Crippen LogP contribution in [-0.2, 0) is 6.54 Å². The normalized spacial score (nSPS) is 10.6. The lowest BCUT2D eigenvalue weighted by Gasteiger charge is -2.19. The number of rotatable bonds is 4. The second-order valence-corrected chi connectivity index (χ2v) is 6.22. The van der Waals surface area contributed by atoms with Gasteiger partial charge in [-0.2, -0.15) is 0 Å². The van der Waals surface area contributed by atoms with Gasteiger partial charge >= 0.3 is 0 Å². The molecule has 3 rings (SSSR count). The van der Waals surface area contributed by atoms with Crippen LogP contribution in [0, 0.1) is 32.0 Å². The number of fused-ring (bicyclic) bond motifs is 1. The monoisotopic (exact) mass is 334 g/mol. The first-order chi connectivity index (χ1) is 12.0. The number of nitrogens with one attached hydrogen (secondary N) is 1. The fourth-order valence-corrected chi connectivity index (χ4v) is 3.00. The highest BCUT2D eigenvalue weighted by Crippen LogP contribution is 2.22. The predicted molar refractivity (Wildman–Crippen MR) is 97.7 cm³/mol. The summed E-state index contributed by atoms with van der Waals surface area (Å²) < 4.78 is 13.1. The second-order valence-electron chi connectivity index (χ2n) is 6.22. The average Bonchev–Trinajstić information content (AvgIpc) is 3.00. The Balaban J connectivity index is 1.91. The molecule has 3 nitrogen and oxygen atoms in total. The number of hydrogen-bond donors (Lipinski definition) is 1. The fraction of sp³-hybridized carbons (Fsp3) is 0.190. The van der Waals surface area contributed by atoms with E-state index in [4.69, 9.17) is 6.42 Å². The first-order valence-corrected chi connectivity index (χ1v) is 8.05. The Bertz CT molecular complexity index is 964. The number of terminal acetylenes is 1. The maximum absolute atomic E-state index is 13.1. The Hall–Kier alpha value is -3.06. The van der Waals surface area contributed by atoms with Crippen LogP contribution in [0.25, 0.3) is 10.9 Å². The van der Waals surface area contributed by atoms with E-state index < -0.39 is 0 Å². The summed E-state index contributed by atoms with van der Waals surface area (Å²) in [4.78, 5) is 17.7. The Morgan fingerprint density at radius 2 is 1.92 bits per heavy atom. The van der Waals surface area contributed by atoms with E-state index in [2.05, 4.69) is 17.0 Å². The molecular weight excluding hydrogens is 315 g/mol. The summed E-state index contributed by atoms with van der Waals surface area (Å²) in [6.45, 7) is 4.56. The van der Waals surface area contributed by atoms with Gasteiger partial charge in [0, 0.05) is 17.4 Å². The molecule has 0 aliphatic carbocycles. The van der Waals surface area contributed by atoms with E-state index in [1.807, 2.05) is 26.0 Å². The van der Waals surface area contributed by atoms with Crippen LogP contribution in [0.4, 0.5) is 4.39 Å². The fourth-order valence-electron chi connectivity index (χ4n) is 3.00. The van der Waals surface area contributed by atoms with E-state index in [0.717, 1.165) is 27.6 Å². The zero-order valence-electron chi connectivity index (χ0n) is 14.3. The lowest BCUT2D eigenvalue weighted by molar-refractivity contribution is 0.0761. The molecule has 0 bridgehead atoms. The van der Waals surface area contributed by atoms with Gasteiger partial charge in [-0.25, -0.2) is 4.39 Å². The van der Waals surface area contributed by atoms with Gasteiger partial charge in [-0.1, -0.05) is 24.1 Å². The van der Waals surface area contributed by atoms with E-state index in [-0.39, 0.29) is 18.3 Å². The van der Waals surface area contributed by atoms with Crippen molar-refractivity contribution in [3.05, 3.63) is 70.7 Å². The van der Waals surface area contributed by atoms with E-state index in [1.165, 1.54) is 12.1 Å². The molecule has 126 valence electrons. The van der Waals surface area contributed by atoms with Crippen molar-refractivity contribution in [2.24, 2.45) is 0 Å². The summed E-state index contributed by atoms with van der Waals surface area (Å²) in [7, 11) is 0. The molecule has 1 amide bonds. The molecule has 0 unspecified atom stereocenters. The molecule has 1 heterocycles. The summed E-state index contributed by atoms with van der Waals surface area (Å²) in [5.41, 5.74) is 4.52. The molecule has 0 aliphatic rings. The topological polar surface area (TPSA) is 36.1 Å². The number of carbonyl (C=O) groups excluding carboxylic acids is 1. The zero-order valence-corrected chi connectivity index (χ0v) is 14.3. The van der Waals surface area contributed by atoms with Crippen molar-refractivity contribution < 1.29 is 9.18 Å². The van der Waals surface area contributed by atoms with Crippen molar-refractivity contribution in [2.75, 3.05) is 6.54 Å². The minimum absolute atomic E-state index is 0.171. The Morgan fingerprint density at radius 3 is 2.60 bits per heavy atom. The van der Waals surface area contributed by atoms with Crippen LogP contribution in [0.1, 0.15) is 27.2 Å². The van der Waals surface area contributed by atoms with Crippen LogP contribution in [0.2, 0.25) is 0 Å². The van der Waals surface area contributed by atoms with Crippen molar-refractivity contribution >= 4 is 16.8 Å². The molecule has 2 aromatic carbocycles. The minimum Gasteiger partial charge on any atom is -0.351 e. The molecule has 0 aliphatic heterocycles. The van der Waals surface area contributed by atoms with Crippen LogP contribution >= 0.6 is 0 Å². The highest BCUT2D eigenvalue weighted by molar-refractivity contribution is 5.99. The van der Waals surface area contributed by atoms with E-state index in [1.54, 1.807) is 17.0 Å². The highest BCUT2D eigenvalue weighted by atomic mass is 19.1. The molecule has 1 aromatic heterocycles. The minimum atomic E-state index is -0.306. The van der Waals surface area contributed by atoms with Gasteiger partial charge < -0.3 is 9.88 Å². The zero-order chi connectivity index (χ0) is 18.0. The number of aromatic amines is 1. The number of benzene rings is 2. The molecule has 0 radical (unpaired) electrons. The van der Waals surface area contributed by atoms with Crippen molar-refractivity contribution in [1.82, 2.24) is 9.88 Å². The van der Waals surface area contributed by atoms with Crippen LogP contribution in [0.15, 0.2) is 42.5 Å². The van der Waals surface area contributed by atoms with Crippen molar-refractivity contribution in [1.29, 1.82) is 0 Å². The smallest absolute Gasteiger partial charge is 0.271 e. The van der Waals surface area contributed by atoms with Crippen LogP contribution < -0.4 is 0 Å². The van der Waals surface area contributed by atoms with Crippen LogP contribution in [0.5, 0.6) is 0 Å². The molecular formula is C21H19FN2O. The Morgan fingerprint density at radius 1 is 1.20 bits per heavy atom. The predicted octanol–water partition coefficient (Wildman–Crippen LogP) is 4.20. The van der Waals surface area contributed by atoms with E-state index in [0.29, 0.717) is 12.2 Å². The number of hydrogen-bond acceptors (Lipinski definition) is 1. The lowest BCUT2D eigenvalue weighted by Crippen LogP contribution is -2.31. The second kappa shape index (κ2) is 6.82. The quantitative estimate of drug-likeness (QED) is 0.713.